The summed E-state index contributed by atoms with van der Waals surface area (Å²) in [5.41, 5.74) is 0.402. The molecule has 1 heterocycles. The Balaban J connectivity index is 2.01. The van der Waals surface area contributed by atoms with Crippen LogP contribution in [0.4, 0.5) is 0 Å². The van der Waals surface area contributed by atoms with Gasteiger partial charge >= 0.3 is 5.97 Å². The van der Waals surface area contributed by atoms with Crippen molar-refractivity contribution in [3.63, 3.8) is 0 Å². The fraction of sp³-hybridized carbons (Fsp3) is 0.105. The Morgan fingerprint density at radius 2 is 1.81 bits per heavy atom. The van der Waals surface area contributed by atoms with E-state index in [1.807, 2.05) is 38.2 Å². The van der Waals surface area contributed by atoms with Gasteiger partial charge in [0.2, 0.25) is 0 Å². The van der Waals surface area contributed by atoms with Gasteiger partial charge in [-0.2, -0.15) is 0 Å². The second-order valence-corrected chi connectivity index (χ2v) is 5.81. The van der Waals surface area contributed by atoms with Gasteiger partial charge in [0, 0.05) is 16.5 Å². The molecule has 0 atom stereocenters. The summed E-state index contributed by atoms with van der Waals surface area (Å²) in [7, 11) is 1.88. The molecule has 27 heavy (non-hydrogen) atoms. The topological polar surface area (TPSA) is 109 Å². The van der Waals surface area contributed by atoms with Crippen LogP contribution in [0.2, 0.25) is 0 Å². The molecule has 0 aliphatic carbocycles. The van der Waals surface area contributed by atoms with E-state index in [9.17, 15) is 14.7 Å². The second kappa shape index (κ2) is 7.78. The highest BCUT2D eigenvalue weighted by Gasteiger charge is 2.19. The molecule has 0 fully saturated rings. The first-order chi connectivity index (χ1) is 13.0. The molecule has 3 rings (SSSR count). The normalized spacial score (nSPS) is 10.5. The summed E-state index contributed by atoms with van der Waals surface area (Å²) in [6.45, 7) is -0.552. The van der Waals surface area contributed by atoms with Gasteiger partial charge in [0.1, 0.15) is 25.9 Å². The number of aromatic hydroxyl groups is 1. The molecule has 0 unspecified atom stereocenters. The van der Waals surface area contributed by atoms with E-state index >= 15 is 0 Å². The molecule has 1 amide bonds. The molecule has 0 spiro atoms. The Morgan fingerprint density at radius 1 is 1.07 bits per heavy atom. The first-order valence-electron chi connectivity index (χ1n) is 8.38. The standard InChI is InChI=1S/C19H17BN2O5/c20-9-15-14-8-12(27-11-4-2-1-3-5-11)6-7-13(14)18(25)17(22-15)19(26)21-10-16(23)24/h1-8,25H,9-10,20H2,(H,21,26)(H,23,24). The van der Waals surface area contributed by atoms with Crippen LogP contribution in [0.5, 0.6) is 17.2 Å². The average molecular weight is 364 g/mol. The van der Waals surface area contributed by atoms with E-state index in [1.54, 1.807) is 18.2 Å². The Bertz CT molecular complexity index is 1010. The molecule has 2 aromatic carbocycles. The molecular weight excluding hydrogens is 347 g/mol. The number of para-hydroxylation sites is 1. The van der Waals surface area contributed by atoms with E-state index in [2.05, 4.69) is 10.3 Å². The number of carbonyl (C=O) groups excluding carboxylic acids is 1. The van der Waals surface area contributed by atoms with Crippen molar-refractivity contribution in [2.75, 3.05) is 6.54 Å². The van der Waals surface area contributed by atoms with Crippen molar-refractivity contribution < 1.29 is 24.5 Å². The van der Waals surface area contributed by atoms with Gasteiger partial charge in [0.15, 0.2) is 11.4 Å². The summed E-state index contributed by atoms with van der Waals surface area (Å²) >= 11 is 0. The fourth-order valence-corrected chi connectivity index (χ4v) is 2.70. The van der Waals surface area contributed by atoms with Crippen LogP contribution in [-0.4, -0.2) is 41.5 Å². The van der Waals surface area contributed by atoms with Crippen LogP contribution < -0.4 is 10.1 Å². The largest absolute Gasteiger partial charge is 0.505 e. The van der Waals surface area contributed by atoms with Crippen LogP contribution in [0.3, 0.4) is 0 Å². The van der Waals surface area contributed by atoms with Gasteiger partial charge in [0.25, 0.3) is 5.91 Å². The summed E-state index contributed by atoms with van der Waals surface area (Å²) in [6.07, 6.45) is 0.519. The quantitative estimate of drug-likeness (QED) is 0.575. The van der Waals surface area contributed by atoms with E-state index in [1.165, 1.54) is 0 Å². The number of hydrogen-bond donors (Lipinski definition) is 3. The molecule has 0 saturated carbocycles. The second-order valence-electron chi connectivity index (χ2n) is 5.81. The number of carboxylic acid groups (broad SMARTS) is 1. The maximum atomic E-state index is 12.2. The number of ether oxygens (including phenoxy) is 1. The van der Waals surface area contributed by atoms with Gasteiger partial charge in [-0.05, 0) is 36.7 Å². The maximum Gasteiger partial charge on any atom is 0.322 e. The molecule has 3 N–H and O–H groups in total. The van der Waals surface area contributed by atoms with Crippen molar-refractivity contribution in [3.8, 4) is 17.2 Å². The zero-order chi connectivity index (χ0) is 19.4. The van der Waals surface area contributed by atoms with Gasteiger partial charge in [-0.15, -0.1) is 0 Å². The summed E-state index contributed by atoms with van der Waals surface area (Å²) in [6, 6.07) is 14.4. The maximum absolute atomic E-state index is 12.2. The lowest BCUT2D eigenvalue weighted by Gasteiger charge is -2.13. The molecule has 3 aromatic rings. The van der Waals surface area contributed by atoms with Gasteiger partial charge in [-0.1, -0.05) is 18.2 Å². The molecule has 0 saturated heterocycles. The van der Waals surface area contributed by atoms with E-state index in [0.29, 0.717) is 34.3 Å². The van der Waals surface area contributed by atoms with Crippen LogP contribution >= 0.6 is 0 Å². The minimum absolute atomic E-state index is 0.197. The van der Waals surface area contributed by atoms with Crippen molar-refractivity contribution in [1.29, 1.82) is 0 Å². The number of amides is 1. The molecular formula is C19H17BN2O5. The Morgan fingerprint density at radius 3 is 2.48 bits per heavy atom. The molecule has 0 bridgehead atoms. The van der Waals surface area contributed by atoms with E-state index in [-0.39, 0.29) is 11.4 Å². The van der Waals surface area contributed by atoms with Crippen molar-refractivity contribution in [3.05, 3.63) is 59.9 Å². The first kappa shape index (κ1) is 18.3. The predicted molar refractivity (Wildman–Crippen MR) is 102 cm³/mol. The van der Waals surface area contributed by atoms with E-state index < -0.39 is 18.4 Å². The molecule has 7 nitrogen and oxygen atoms in total. The van der Waals surface area contributed by atoms with Crippen molar-refractivity contribution >= 4 is 30.5 Å². The number of nitrogens with zero attached hydrogens (tertiary/aromatic N) is 1. The summed E-state index contributed by atoms with van der Waals surface area (Å²) in [5.74, 6) is -0.959. The Labute approximate surface area is 156 Å². The third-order valence-corrected chi connectivity index (χ3v) is 3.96. The fourth-order valence-electron chi connectivity index (χ4n) is 2.70. The highest BCUT2D eigenvalue weighted by atomic mass is 16.5. The number of hydrogen-bond acceptors (Lipinski definition) is 5. The number of aromatic nitrogens is 1. The number of carboxylic acids is 1. The lowest BCUT2D eigenvalue weighted by molar-refractivity contribution is -0.135. The highest BCUT2D eigenvalue weighted by Crippen LogP contribution is 2.33. The lowest BCUT2D eigenvalue weighted by atomic mass is 9.96. The number of fused-ring (bicyclic) bond motifs is 1. The number of rotatable bonds is 6. The number of carbonyl (C=O) groups is 2. The third kappa shape index (κ3) is 4.00. The minimum Gasteiger partial charge on any atom is -0.505 e. The molecule has 1 aromatic heterocycles. The van der Waals surface area contributed by atoms with Gasteiger partial charge < -0.3 is 20.3 Å². The predicted octanol–water partition coefficient (Wildman–Crippen LogP) is 1.68. The van der Waals surface area contributed by atoms with Crippen LogP contribution in [0.1, 0.15) is 16.2 Å². The van der Waals surface area contributed by atoms with Crippen LogP contribution in [0, 0.1) is 0 Å². The number of pyridine rings is 1. The zero-order valence-electron chi connectivity index (χ0n) is 14.6. The van der Waals surface area contributed by atoms with Crippen LogP contribution in [-0.2, 0) is 11.1 Å². The summed E-state index contributed by atoms with van der Waals surface area (Å²) < 4.78 is 5.81. The summed E-state index contributed by atoms with van der Waals surface area (Å²) in [5, 5.41) is 22.5. The lowest BCUT2D eigenvalue weighted by Crippen LogP contribution is -2.30. The highest BCUT2D eigenvalue weighted by molar-refractivity contribution is 6.11. The van der Waals surface area contributed by atoms with Crippen LogP contribution in [0.25, 0.3) is 10.8 Å². The number of nitrogens with one attached hydrogen (secondary N) is 1. The Kier molecular flexibility index (Phi) is 5.26. The Hall–Kier alpha value is -3.55. The summed E-state index contributed by atoms with van der Waals surface area (Å²) in [4.78, 5) is 27.0. The zero-order valence-corrected chi connectivity index (χ0v) is 14.6. The van der Waals surface area contributed by atoms with Crippen LogP contribution in [0.15, 0.2) is 48.5 Å². The number of aliphatic carboxylic acids is 1. The average Bonchev–Trinajstić information content (AvgIpc) is 2.67. The molecule has 8 heteroatoms. The van der Waals surface area contributed by atoms with Gasteiger partial charge in [0.05, 0.1) is 0 Å². The monoisotopic (exact) mass is 364 g/mol. The van der Waals surface area contributed by atoms with Crippen molar-refractivity contribution in [1.82, 2.24) is 10.3 Å². The number of benzene rings is 2. The van der Waals surface area contributed by atoms with Gasteiger partial charge in [-0.25, -0.2) is 4.98 Å². The van der Waals surface area contributed by atoms with Crippen molar-refractivity contribution in [2.45, 2.75) is 6.32 Å². The molecule has 136 valence electrons. The van der Waals surface area contributed by atoms with Gasteiger partial charge in [-0.3, -0.25) is 9.59 Å². The molecule has 0 aliphatic heterocycles. The minimum atomic E-state index is -1.18. The SMILES string of the molecule is BCc1nc(C(=O)NCC(=O)O)c(O)c2ccc(Oc3ccccc3)cc12. The smallest absolute Gasteiger partial charge is 0.322 e. The molecule has 0 aliphatic rings. The molecule has 0 radical (unpaired) electrons. The third-order valence-electron chi connectivity index (χ3n) is 3.96. The van der Waals surface area contributed by atoms with E-state index in [4.69, 9.17) is 9.84 Å². The van der Waals surface area contributed by atoms with Crippen molar-refractivity contribution in [2.24, 2.45) is 0 Å². The van der Waals surface area contributed by atoms with E-state index in [0.717, 1.165) is 0 Å². The first-order valence-corrected chi connectivity index (χ1v) is 8.38.